The number of aromatic nitrogens is 1. The zero-order chi connectivity index (χ0) is 10.4. The molecule has 76 valence electrons. The van der Waals surface area contributed by atoms with Crippen LogP contribution in [0.3, 0.4) is 0 Å². The number of methoxy groups -OCH3 is 1. The number of amides is 1. The summed E-state index contributed by atoms with van der Waals surface area (Å²) >= 11 is 3.22. The van der Waals surface area contributed by atoms with Crippen molar-refractivity contribution in [1.29, 1.82) is 0 Å². The quantitative estimate of drug-likeness (QED) is 0.827. The Bertz CT molecular complexity index is 317. The van der Waals surface area contributed by atoms with Gasteiger partial charge in [-0.2, -0.15) is 0 Å². The first-order chi connectivity index (χ1) is 6.79. The van der Waals surface area contributed by atoms with Gasteiger partial charge in [0, 0.05) is 18.1 Å². The summed E-state index contributed by atoms with van der Waals surface area (Å²) in [6.45, 7) is 0.580. The maximum absolute atomic E-state index is 11.5. The summed E-state index contributed by atoms with van der Waals surface area (Å²) in [5, 5.41) is 3.44. The predicted octanol–water partition coefficient (Wildman–Crippen LogP) is 1.21. The summed E-state index contributed by atoms with van der Waals surface area (Å²) < 4.78 is 4.96. The van der Waals surface area contributed by atoms with E-state index in [4.69, 9.17) is 4.74 Å². The molecule has 0 aliphatic heterocycles. The van der Waals surface area contributed by atoms with Crippen LogP contribution in [0.25, 0.3) is 0 Å². The molecule has 1 amide bonds. The van der Waals surface area contributed by atoms with Gasteiger partial charge >= 0.3 is 0 Å². The van der Waals surface area contributed by atoms with E-state index >= 15 is 0 Å². The van der Waals surface area contributed by atoms with E-state index in [1.807, 2.05) is 0 Å². The molecule has 14 heavy (non-hydrogen) atoms. The Morgan fingerprint density at radius 1 is 1.71 bits per heavy atom. The van der Waals surface area contributed by atoms with Crippen molar-refractivity contribution in [2.24, 2.45) is 0 Å². The van der Waals surface area contributed by atoms with Crippen LogP contribution < -0.4 is 10.1 Å². The van der Waals surface area contributed by atoms with Crippen molar-refractivity contribution in [2.75, 3.05) is 19.0 Å². The third-order valence-corrected chi connectivity index (χ3v) is 1.99. The number of carbonyl (C=O) groups excluding carboxylic acids is 1. The van der Waals surface area contributed by atoms with E-state index in [0.717, 1.165) is 5.33 Å². The van der Waals surface area contributed by atoms with Crippen LogP contribution in [0.1, 0.15) is 10.4 Å². The molecular weight excluding hydrogens is 248 g/mol. The number of nitrogens with zero attached hydrogens (tertiary/aromatic N) is 1. The number of rotatable bonds is 4. The Morgan fingerprint density at radius 2 is 2.50 bits per heavy atom. The lowest BCUT2D eigenvalue weighted by Crippen LogP contribution is -2.25. The van der Waals surface area contributed by atoms with E-state index in [0.29, 0.717) is 18.0 Å². The Morgan fingerprint density at radius 3 is 3.14 bits per heavy atom. The van der Waals surface area contributed by atoms with E-state index in [-0.39, 0.29) is 5.91 Å². The van der Waals surface area contributed by atoms with Gasteiger partial charge in [0.2, 0.25) is 5.88 Å². The molecule has 1 aromatic heterocycles. The van der Waals surface area contributed by atoms with Gasteiger partial charge in [-0.15, -0.1) is 0 Å². The first-order valence-corrected chi connectivity index (χ1v) is 5.25. The van der Waals surface area contributed by atoms with Gasteiger partial charge in [0.25, 0.3) is 5.91 Å². The zero-order valence-corrected chi connectivity index (χ0v) is 9.37. The lowest BCUT2D eigenvalue weighted by atomic mass is 10.2. The van der Waals surface area contributed by atoms with E-state index in [1.165, 1.54) is 7.11 Å². The first kappa shape index (κ1) is 11.0. The van der Waals surface area contributed by atoms with Gasteiger partial charge in [-0.25, -0.2) is 4.98 Å². The summed E-state index contributed by atoms with van der Waals surface area (Å²) in [6.07, 6.45) is 1.58. The van der Waals surface area contributed by atoms with Crippen LogP contribution in [0, 0.1) is 0 Å². The van der Waals surface area contributed by atoms with Crippen LogP contribution in [0.2, 0.25) is 0 Å². The smallest absolute Gasteiger partial charge is 0.256 e. The lowest BCUT2D eigenvalue weighted by molar-refractivity contribution is 0.0952. The van der Waals surface area contributed by atoms with Crippen LogP contribution in [0.15, 0.2) is 18.3 Å². The van der Waals surface area contributed by atoms with E-state index in [9.17, 15) is 4.79 Å². The van der Waals surface area contributed by atoms with Crippen molar-refractivity contribution in [3.05, 3.63) is 23.9 Å². The summed E-state index contributed by atoms with van der Waals surface area (Å²) in [7, 11) is 1.49. The summed E-state index contributed by atoms with van der Waals surface area (Å²) in [6, 6.07) is 3.38. The molecule has 0 aliphatic rings. The molecule has 0 bridgehead atoms. The predicted molar refractivity (Wildman–Crippen MR) is 56.9 cm³/mol. The second kappa shape index (κ2) is 5.59. The van der Waals surface area contributed by atoms with Gasteiger partial charge in [-0.05, 0) is 12.1 Å². The molecule has 0 radical (unpaired) electrons. The van der Waals surface area contributed by atoms with Crippen molar-refractivity contribution in [2.45, 2.75) is 0 Å². The summed E-state index contributed by atoms with van der Waals surface area (Å²) in [4.78, 5) is 15.5. The molecular formula is C9H11BrN2O2. The van der Waals surface area contributed by atoms with Crippen LogP contribution in [0.4, 0.5) is 0 Å². The third kappa shape index (κ3) is 2.70. The Hall–Kier alpha value is -1.10. The van der Waals surface area contributed by atoms with Crippen molar-refractivity contribution in [1.82, 2.24) is 10.3 Å². The highest BCUT2D eigenvalue weighted by Crippen LogP contribution is 2.12. The lowest BCUT2D eigenvalue weighted by Gasteiger charge is -2.06. The average Bonchev–Trinajstić information content (AvgIpc) is 2.25. The number of ether oxygens (including phenoxy) is 1. The molecule has 5 heteroatoms. The fourth-order valence-corrected chi connectivity index (χ4v) is 1.18. The van der Waals surface area contributed by atoms with Crippen LogP contribution in [0.5, 0.6) is 5.88 Å². The monoisotopic (exact) mass is 258 g/mol. The fraction of sp³-hybridized carbons (Fsp3) is 0.333. The normalized spacial score (nSPS) is 9.57. The molecule has 0 unspecified atom stereocenters. The van der Waals surface area contributed by atoms with Gasteiger partial charge in [-0.3, -0.25) is 4.79 Å². The van der Waals surface area contributed by atoms with Crippen LogP contribution in [-0.2, 0) is 0 Å². The maximum atomic E-state index is 11.5. The number of halogens is 1. The van der Waals surface area contributed by atoms with Crippen molar-refractivity contribution in [3.63, 3.8) is 0 Å². The molecule has 0 saturated heterocycles. The highest BCUT2D eigenvalue weighted by Gasteiger charge is 2.11. The molecule has 4 nitrogen and oxygen atoms in total. The maximum Gasteiger partial charge on any atom is 0.256 e. The van der Waals surface area contributed by atoms with Crippen LogP contribution in [-0.4, -0.2) is 29.9 Å². The van der Waals surface area contributed by atoms with Gasteiger partial charge in [0.15, 0.2) is 0 Å². The molecule has 0 spiro atoms. The Balaban J connectivity index is 2.78. The second-order valence-corrected chi connectivity index (χ2v) is 3.30. The molecule has 0 aliphatic carbocycles. The minimum Gasteiger partial charge on any atom is -0.480 e. The van der Waals surface area contributed by atoms with Gasteiger partial charge < -0.3 is 10.1 Å². The largest absolute Gasteiger partial charge is 0.480 e. The second-order valence-electron chi connectivity index (χ2n) is 2.51. The van der Waals surface area contributed by atoms with E-state index in [2.05, 4.69) is 26.2 Å². The summed E-state index contributed by atoms with van der Waals surface area (Å²) in [5.41, 5.74) is 0.455. The Kier molecular flexibility index (Phi) is 4.39. The first-order valence-electron chi connectivity index (χ1n) is 4.12. The number of nitrogens with one attached hydrogen (secondary N) is 1. The molecule has 0 aromatic carbocycles. The topological polar surface area (TPSA) is 51.2 Å². The minimum atomic E-state index is -0.172. The molecule has 1 heterocycles. The van der Waals surface area contributed by atoms with Crippen molar-refractivity contribution in [3.8, 4) is 5.88 Å². The molecule has 0 fully saturated rings. The molecule has 0 atom stereocenters. The molecule has 1 rings (SSSR count). The van der Waals surface area contributed by atoms with Crippen molar-refractivity contribution >= 4 is 21.8 Å². The number of alkyl halides is 1. The standard InChI is InChI=1S/C9H11BrN2O2/c1-14-9-7(3-2-5-12-9)8(13)11-6-4-10/h2-3,5H,4,6H2,1H3,(H,11,13). The zero-order valence-electron chi connectivity index (χ0n) is 7.79. The van der Waals surface area contributed by atoms with E-state index < -0.39 is 0 Å². The summed E-state index contributed by atoms with van der Waals surface area (Å²) in [5.74, 6) is 0.175. The van der Waals surface area contributed by atoms with E-state index in [1.54, 1.807) is 18.3 Å². The van der Waals surface area contributed by atoms with Gasteiger partial charge in [0.1, 0.15) is 5.56 Å². The number of hydrogen-bond donors (Lipinski definition) is 1. The van der Waals surface area contributed by atoms with Crippen LogP contribution >= 0.6 is 15.9 Å². The van der Waals surface area contributed by atoms with Crippen molar-refractivity contribution < 1.29 is 9.53 Å². The van der Waals surface area contributed by atoms with Gasteiger partial charge in [0.05, 0.1) is 7.11 Å². The average molecular weight is 259 g/mol. The van der Waals surface area contributed by atoms with Gasteiger partial charge in [-0.1, -0.05) is 15.9 Å². The molecule has 1 aromatic rings. The Labute approximate surface area is 90.8 Å². The number of carbonyl (C=O) groups is 1. The highest BCUT2D eigenvalue weighted by molar-refractivity contribution is 9.09. The molecule has 1 N–H and O–H groups in total. The third-order valence-electron chi connectivity index (χ3n) is 1.59. The fourth-order valence-electron chi connectivity index (χ4n) is 0.982. The number of hydrogen-bond acceptors (Lipinski definition) is 3. The SMILES string of the molecule is COc1ncccc1C(=O)NCCBr. The highest BCUT2D eigenvalue weighted by atomic mass is 79.9. The number of pyridine rings is 1. The minimum absolute atomic E-state index is 0.172. The molecule has 0 saturated carbocycles.